The number of hydrogen-bond acceptors (Lipinski definition) is 4. The Hall–Kier alpha value is -2.19. The number of piperidine rings is 1. The number of amides is 1. The first-order valence-electron chi connectivity index (χ1n) is 8.93. The number of benzene rings is 1. The van der Waals surface area contributed by atoms with Gasteiger partial charge in [-0.3, -0.25) is 5.32 Å². The van der Waals surface area contributed by atoms with Crippen LogP contribution >= 0.6 is 23.2 Å². The summed E-state index contributed by atoms with van der Waals surface area (Å²) in [7, 11) is 0. The minimum absolute atomic E-state index is 0.0540. The van der Waals surface area contributed by atoms with Crippen molar-refractivity contribution < 1.29 is 22.7 Å². The maximum atomic E-state index is 12.8. The third-order valence-corrected chi connectivity index (χ3v) is 5.08. The van der Waals surface area contributed by atoms with Gasteiger partial charge in [-0.15, -0.1) is 0 Å². The van der Waals surface area contributed by atoms with Gasteiger partial charge in [0.05, 0.1) is 16.6 Å². The Morgan fingerprint density at radius 3 is 2.62 bits per heavy atom. The maximum absolute atomic E-state index is 12.8. The van der Waals surface area contributed by atoms with Crippen molar-refractivity contribution in [3.63, 3.8) is 0 Å². The first-order valence-corrected chi connectivity index (χ1v) is 9.68. The van der Waals surface area contributed by atoms with Gasteiger partial charge < -0.3 is 9.64 Å². The van der Waals surface area contributed by atoms with Crippen molar-refractivity contribution in [2.24, 2.45) is 0 Å². The average molecular weight is 448 g/mol. The number of halogens is 5. The highest BCUT2D eigenvalue weighted by molar-refractivity contribution is 6.33. The number of carbonyl (C=O) groups excluding carboxylic acids is 1. The van der Waals surface area contributed by atoms with Gasteiger partial charge in [-0.25, -0.2) is 9.78 Å². The summed E-state index contributed by atoms with van der Waals surface area (Å²) in [6.07, 6.45) is -1.94. The summed E-state index contributed by atoms with van der Waals surface area (Å²) in [6.45, 7) is 0.614. The second-order valence-corrected chi connectivity index (χ2v) is 7.44. The SMILES string of the molecule is O=C(Nc1ccc(Cl)cc1)OC[C@H]1CCCCN1c1ncc(C(F)(F)F)cc1Cl. The lowest BCUT2D eigenvalue weighted by Crippen LogP contribution is -2.44. The summed E-state index contributed by atoms with van der Waals surface area (Å²) in [5, 5.41) is 3.05. The fourth-order valence-electron chi connectivity index (χ4n) is 3.11. The standard InChI is InChI=1S/C19H18Cl2F3N3O2/c20-13-4-6-14(7-5-13)26-18(28)29-11-15-3-1-2-8-27(15)17-16(21)9-12(10-25-17)19(22,23)24/h4-7,9-10,15H,1-3,8,11H2,(H,26,28)/t15-/m1/s1. The van der Waals surface area contributed by atoms with E-state index in [1.165, 1.54) is 0 Å². The van der Waals surface area contributed by atoms with Crippen LogP contribution < -0.4 is 10.2 Å². The van der Waals surface area contributed by atoms with E-state index in [-0.39, 0.29) is 23.5 Å². The quantitative estimate of drug-likeness (QED) is 0.622. The minimum atomic E-state index is -4.51. The highest BCUT2D eigenvalue weighted by atomic mass is 35.5. The molecule has 1 atom stereocenters. The molecule has 0 spiro atoms. The van der Waals surface area contributed by atoms with Gasteiger partial charge >= 0.3 is 12.3 Å². The largest absolute Gasteiger partial charge is 0.447 e. The predicted octanol–water partition coefficient (Wildman–Crippen LogP) is 6.01. The molecule has 156 valence electrons. The van der Waals surface area contributed by atoms with E-state index >= 15 is 0 Å². The number of alkyl halides is 3. The van der Waals surface area contributed by atoms with Crippen LogP contribution in [0.3, 0.4) is 0 Å². The molecule has 29 heavy (non-hydrogen) atoms. The van der Waals surface area contributed by atoms with Crippen LogP contribution in [0.25, 0.3) is 0 Å². The number of pyridine rings is 1. The molecule has 2 heterocycles. The van der Waals surface area contributed by atoms with Gasteiger partial charge in [0, 0.05) is 23.5 Å². The lowest BCUT2D eigenvalue weighted by molar-refractivity contribution is -0.137. The summed E-state index contributed by atoms with van der Waals surface area (Å²) in [5.41, 5.74) is -0.370. The number of carbonyl (C=O) groups is 1. The summed E-state index contributed by atoms with van der Waals surface area (Å²) in [6, 6.07) is 7.19. The first-order chi connectivity index (χ1) is 13.7. The molecule has 1 fully saturated rings. The van der Waals surface area contributed by atoms with Crippen LogP contribution in [0.15, 0.2) is 36.5 Å². The number of nitrogens with zero attached hydrogens (tertiary/aromatic N) is 2. The molecule has 0 saturated carbocycles. The molecular formula is C19H18Cl2F3N3O2. The molecule has 10 heteroatoms. The van der Waals surface area contributed by atoms with Crippen molar-refractivity contribution in [2.75, 3.05) is 23.4 Å². The lowest BCUT2D eigenvalue weighted by Gasteiger charge is -2.36. The van der Waals surface area contributed by atoms with Crippen molar-refractivity contribution in [2.45, 2.75) is 31.5 Å². The fourth-order valence-corrected chi connectivity index (χ4v) is 3.51. The van der Waals surface area contributed by atoms with Crippen molar-refractivity contribution in [3.05, 3.63) is 52.1 Å². The van der Waals surface area contributed by atoms with Crippen molar-refractivity contribution in [1.29, 1.82) is 0 Å². The van der Waals surface area contributed by atoms with Gasteiger partial charge in [-0.05, 0) is 49.6 Å². The molecule has 1 aromatic heterocycles. The number of ether oxygens (including phenoxy) is 1. The molecule has 0 radical (unpaired) electrons. The Kier molecular flexibility index (Phi) is 6.74. The van der Waals surface area contributed by atoms with Crippen LogP contribution in [0, 0.1) is 0 Å². The van der Waals surface area contributed by atoms with Gasteiger partial charge in [0.1, 0.15) is 12.4 Å². The Balaban J connectivity index is 1.65. The van der Waals surface area contributed by atoms with Gasteiger partial charge in [0.15, 0.2) is 0 Å². The topological polar surface area (TPSA) is 54.5 Å². The summed E-state index contributed by atoms with van der Waals surface area (Å²) in [4.78, 5) is 17.8. The number of rotatable bonds is 4. The van der Waals surface area contributed by atoms with Crippen LogP contribution in [0.5, 0.6) is 0 Å². The third-order valence-electron chi connectivity index (χ3n) is 4.55. The first kappa shape index (κ1) is 21.5. The molecule has 0 aliphatic carbocycles. The highest BCUT2D eigenvalue weighted by Crippen LogP contribution is 2.35. The maximum Gasteiger partial charge on any atom is 0.417 e. The second kappa shape index (κ2) is 9.09. The predicted molar refractivity (Wildman–Crippen MR) is 106 cm³/mol. The van der Waals surface area contributed by atoms with Crippen LogP contribution in [0.2, 0.25) is 10.0 Å². The normalized spacial score (nSPS) is 17.1. The Labute approximate surface area is 175 Å². The molecule has 1 aromatic carbocycles. The van der Waals surface area contributed by atoms with E-state index in [1.807, 2.05) is 0 Å². The van der Waals surface area contributed by atoms with Crippen molar-refractivity contribution in [1.82, 2.24) is 4.98 Å². The molecule has 3 rings (SSSR count). The number of nitrogens with one attached hydrogen (secondary N) is 1. The molecule has 5 nitrogen and oxygen atoms in total. The molecular weight excluding hydrogens is 430 g/mol. The zero-order valence-corrected chi connectivity index (χ0v) is 16.7. The number of hydrogen-bond donors (Lipinski definition) is 1. The molecule has 1 amide bonds. The van der Waals surface area contributed by atoms with E-state index in [0.717, 1.165) is 25.1 Å². The van der Waals surface area contributed by atoms with Crippen molar-refractivity contribution in [3.8, 4) is 0 Å². The van der Waals surface area contributed by atoms with Gasteiger partial charge in [-0.2, -0.15) is 13.2 Å². The van der Waals surface area contributed by atoms with Crippen LogP contribution in [0.4, 0.5) is 29.5 Å². The minimum Gasteiger partial charge on any atom is -0.447 e. The van der Waals surface area contributed by atoms with E-state index in [9.17, 15) is 18.0 Å². The van der Waals surface area contributed by atoms with Gasteiger partial charge in [0.25, 0.3) is 0 Å². The van der Waals surface area contributed by atoms with Gasteiger partial charge in [-0.1, -0.05) is 23.2 Å². The van der Waals surface area contributed by atoms with E-state index in [0.29, 0.717) is 23.7 Å². The van der Waals surface area contributed by atoms with Crippen LogP contribution in [-0.4, -0.2) is 30.3 Å². The van der Waals surface area contributed by atoms with E-state index in [1.54, 1.807) is 29.2 Å². The molecule has 0 unspecified atom stereocenters. The van der Waals surface area contributed by atoms with Crippen molar-refractivity contribution >= 4 is 40.8 Å². The second-order valence-electron chi connectivity index (χ2n) is 6.60. The third kappa shape index (κ3) is 5.67. The zero-order valence-electron chi connectivity index (χ0n) is 15.2. The Bertz CT molecular complexity index is 863. The Morgan fingerprint density at radius 1 is 1.24 bits per heavy atom. The molecule has 1 N–H and O–H groups in total. The van der Waals surface area contributed by atoms with E-state index in [4.69, 9.17) is 27.9 Å². The zero-order chi connectivity index (χ0) is 21.0. The Morgan fingerprint density at radius 2 is 1.97 bits per heavy atom. The monoisotopic (exact) mass is 447 g/mol. The van der Waals surface area contributed by atoms with E-state index in [2.05, 4.69) is 10.3 Å². The lowest BCUT2D eigenvalue weighted by atomic mass is 10.0. The molecule has 0 bridgehead atoms. The average Bonchev–Trinajstić information content (AvgIpc) is 2.68. The fraction of sp³-hybridized carbons (Fsp3) is 0.368. The van der Waals surface area contributed by atoms with Crippen LogP contribution in [-0.2, 0) is 10.9 Å². The molecule has 1 saturated heterocycles. The smallest absolute Gasteiger partial charge is 0.417 e. The summed E-state index contributed by atoms with van der Waals surface area (Å²) in [5.74, 6) is 0.256. The summed E-state index contributed by atoms with van der Waals surface area (Å²) >= 11 is 11.9. The van der Waals surface area contributed by atoms with Crippen LogP contribution in [0.1, 0.15) is 24.8 Å². The highest BCUT2D eigenvalue weighted by Gasteiger charge is 2.33. The molecule has 1 aliphatic heterocycles. The molecule has 2 aromatic rings. The van der Waals surface area contributed by atoms with E-state index < -0.39 is 17.8 Å². The summed E-state index contributed by atoms with van der Waals surface area (Å²) < 4.78 is 43.8. The number of aromatic nitrogens is 1. The number of anilines is 2. The molecule has 1 aliphatic rings. The van der Waals surface area contributed by atoms with Gasteiger partial charge in [0.2, 0.25) is 0 Å².